The molecule has 0 saturated carbocycles. The molecule has 202 valence electrons. The van der Waals surface area contributed by atoms with Crippen LogP contribution in [-0.2, 0) is 16.1 Å². The minimum Gasteiger partial charge on any atom is -0.497 e. The Morgan fingerprint density at radius 2 is 1.60 bits per heavy atom. The topological polar surface area (TPSA) is 77.4 Å². The highest BCUT2D eigenvalue weighted by Gasteiger charge is 2.33. The highest BCUT2D eigenvalue weighted by atomic mass is 35.5. The molecular formula is C32H27ClN2O5. The second-order valence-electron chi connectivity index (χ2n) is 9.13. The molecule has 4 aromatic carbocycles. The van der Waals surface area contributed by atoms with E-state index in [0.717, 1.165) is 28.2 Å². The summed E-state index contributed by atoms with van der Waals surface area (Å²) in [5, 5.41) is 6.67. The number of hydrazone groups is 1. The van der Waals surface area contributed by atoms with Crippen molar-refractivity contribution < 1.29 is 23.8 Å². The van der Waals surface area contributed by atoms with Gasteiger partial charge in [-0.25, -0.2) is 9.80 Å². The molecule has 1 atom stereocenters. The summed E-state index contributed by atoms with van der Waals surface area (Å²) in [7, 11) is 1.60. The Balaban J connectivity index is 1.29. The zero-order chi connectivity index (χ0) is 27.9. The summed E-state index contributed by atoms with van der Waals surface area (Å²) in [6.07, 6.45) is 0.525. The van der Waals surface area contributed by atoms with Crippen LogP contribution in [0.15, 0.2) is 108 Å². The van der Waals surface area contributed by atoms with Gasteiger partial charge in [0.15, 0.2) is 6.61 Å². The van der Waals surface area contributed by atoms with E-state index in [1.54, 1.807) is 43.5 Å². The van der Waals surface area contributed by atoms with Gasteiger partial charge in [-0.05, 0) is 53.1 Å². The molecule has 0 N–H and O–H groups in total. The molecule has 8 heteroatoms. The van der Waals surface area contributed by atoms with Crippen LogP contribution < -0.4 is 9.47 Å². The van der Waals surface area contributed by atoms with Crippen molar-refractivity contribution >= 4 is 29.2 Å². The van der Waals surface area contributed by atoms with Gasteiger partial charge in [-0.1, -0.05) is 78.3 Å². The van der Waals surface area contributed by atoms with Crippen LogP contribution in [0, 0.1) is 0 Å². The number of amides is 1. The highest BCUT2D eigenvalue weighted by Crippen LogP contribution is 2.33. The second-order valence-corrected chi connectivity index (χ2v) is 9.57. The van der Waals surface area contributed by atoms with E-state index in [1.807, 2.05) is 66.7 Å². The van der Waals surface area contributed by atoms with Gasteiger partial charge in [0.2, 0.25) is 0 Å². The number of nitrogens with zero attached hydrogens (tertiary/aromatic N) is 2. The first-order valence-corrected chi connectivity index (χ1v) is 13.1. The fraction of sp³-hybridized carbons (Fsp3) is 0.156. The molecule has 0 saturated heterocycles. The smallest absolute Gasteiger partial charge is 0.342 e. The average molecular weight is 555 g/mol. The van der Waals surface area contributed by atoms with Gasteiger partial charge in [-0.2, -0.15) is 5.10 Å². The number of rotatable bonds is 9. The Bertz CT molecular complexity index is 1500. The van der Waals surface area contributed by atoms with Crippen LogP contribution in [0.1, 0.15) is 39.5 Å². The van der Waals surface area contributed by atoms with Crippen LogP contribution in [0.2, 0.25) is 5.02 Å². The number of hydrogen-bond acceptors (Lipinski definition) is 6. The molecule has 1 heterocycles. The lowest BCUT2D eigenvalue weighted by atomic mass is 9.98. The number of hydrogen-bond donors (Lipinski definition) is 0. The maximum absolute atomic E-state index is 13.4. The minimum absolute atomic E-state index is 0.228. The van der Waals surface area contributed by atoms with Crippen LogP contribution in [0.4, 0.5) is 0 Å². The molecule has 1 aliphatic heterocycles. The highest BCUT2D eigenvalue weighted by molar-refractivity contribution is 6.30. The maximum Gasteiger partial charge on any atom is 0.342 e. The van der Waals surface area contributed by atoms with E-state index in [9.17, 15) is 9.59 Å². The second kappa shape index (κ2) is 12.5. The summed E-state index contributed by atoms with van der Waals surface area (Å²) in [6, 6.07) is 30.9. The predicted molar refractivity (Wildman–Crippen MR) is 153 cm³/mol. The van der Waals surface area contributed by atoms with E-state index in [4.69, 9.17) is 25.8 Å². The van der Waals surface area contributed by atoms with Crippen LogP contribution in [0.3, 0.4) is 0 Å². The molecule has 40 heavy (non-hydrogen) atoms. The Labute approximate surface area is 237 Å². The summed E-state index contributed by atoms with van der Waals surface area (Å²) >= 11 is 5.95. The van der Waals surface area contributed by atoms with Gasteiger partial charge in [0.25, 0.3) is 5.91 Å². The summed E-state index contributed by atoms with van der Waals surface area (Å²) in [6.45, 7) is -0.225. The van der Waals surface area contributed by atoms with Crippen LogP contribution in [-0.4, -0.2) is 36.3 Å². The third-order valence-corrected chi connectivity index (χ3v) is 6.77. The summed E-state index contributed by atoms with van der Waals surface area (Å²) in [4.78, 5) is 26.4. The standard InChI is InChI=1S/C32H27ClN2O5/c1-38-26-17-13-24(14-18-26)29-19-28(23-7-3-2-4-8-23)34-35(29)31(36)21-40-32(37)27-9-5-6-10-30(27)39-20-22-11-15-25(33)16-12-22/h2-18,29H,19-21H2,1H3. The molecule has 0 aromatic heterocycles. The number of benzene rings is 4. The van der Waals surface area contributed by atoms with Gasteiger partial charge in [0.05, 0.1) is 18.9 Å². The van der Waals surface area contributed by atoms with Gasteiger partial charge in [-0.15, -0.1) is 0 Å². The van der Waals surface area contributed by atoms with Crippen molar-refractivity contribution in [1.29, 1.82) is 0 Å². The van der Waals surface area contributed by atoms with Crippen molar-refractivity contribution in [2.24, 2.45) is 5.10 Å². The monoisotopic (exact) mass is 554 g/mol. The molecule has 0 aliphatic carbocycles. The first-order chi connectivity index (χ1) is 19.5. The summed E-state index contributed by atoms with van der Waals surface area (Å²) in [5.41, 5.74) is 3.73. The molecule has 1 amide bonds. The number of para-hydroxylation sites is 1. The molecular weight excluding hydrogens is 528 g/mol. The van der Waals surface area contributed by atoms with Gasteiger partial charge in [-0.3, -0.25) is 4.79 Å². The molecule has 4 aromatic rings. The predicted octanol–water partition coefficient (Wildman–Crippen LogP) is 6.46. The van der Waals surface area contributed by atoms with E-state index >= 15 is 0 Å². The van der Waals surface area contributed by atoms with Crippen molar-refractivity contribution in [3.8, 4) is 11.5 Å². The number of ether oxygens (including phenoxy) is 3. The average Bonchev–Trinajstić information content (AvgIpc) is 3.46. The third kappa shape index (κ3) is 6.33. The number of halogens is 1. The lowest BCUT2D eigenvalue weighted by molar-refractivity contribution is -0.136. The van der Waals surface area contributed by atoms with Crippen molar-refractivity contribution in [2.75, 3.05) is 13.7 Å². The molecule has 0 bridgehead atoms. The van der Waals surface area contributed by atoms with Gasteiger partial charge in [0.1, 0.15) is 23.7 Å². The van der Waals surface area contributed by atoms with Crippen molar-refractivity contribution in [3.63, 3.8) is 0 Å². The molecule has 5 rings (SSSR count). The molecule has 0 radical (unpaired) electrons. The largest absolute Gasteiger partial charge is 0.497 e. The quantitative estimate of drug-likeness (QED) is 0.222. The first-order valence-electron chi connectivity index (χ1n) is 12.7. The lowest BCUT2D eigenvalue weighted by Gasteiger charge is -2.22. The molecule has 0 fully saturated rings. The molecule has 0 spiro atoms. The maximum atomic E-state index is 13.4. The van der Waals surface area contributed by atoms with E-state index in [1.165, 1.54) is 5.01 Å². The van der Waals surface area contributed by atoms with Crippen molar-refractivity contribution in [3.05, 3.63) is 130 Å². The Morgan fingerprint density at radius 3 is 2.33 bits per heavy atom. The first kappa shape index (κ1) is 27.0. The van der Waals surface area contributed by atoms with Gasteiger partial charge in [0, 0.05) is 11.4 Å². The number of methoxy groups -OCH3 is 1. The van der Waals surface area contributed by atoms with Crippen LogP contribution in [0.25, 0.3) is 0 Å². The fourth-order valence-corrected chi connectivity index (χ4v) is 4.53. The van der Waals surface area contributed by atoms with Gasteiger partial charge >= 0.3 is 5.97 Å². The van der Waals surface area contributed by atoms with Crippen LogP contribution >= 0.6 is 11.6 Å². The fourth-order valence-electron chi connectivity index (χ4n) is 4.41. The SMILES string of the molecule is COc1ccc(C2CC(c3ccccc3)=NN2C(=O)COC(=O)c2ccccc2OCc2ccc(Cl)cc2)cc1. The van der Waals surface area contributed by atoms with E-state index in [2.05, 4.69) is 5.10 Å². The van der Waals surface area contributed by atoms with Crippen molar-refractivity contribution in [1.82, 2.24) is 5.01 Å². The number of esters is 1. The summed E-state index contributed by atoms with van der Waals surface area (Å²) < 4.78 is 16.6. The normalized spacial score (nSPS) is 14.4. The molecule has 7 nitrogen and oxygen atoms in total. The van der Waals surface area contributed by atoms with Crippen LogP contribution in [0.5, 0.6) is 11.5 Å². The number of carbonyl (C=O) groups excluding carboxylic acids is 2. The summed E-state index contributed by atoms with van der Waals surface area (Å²) in [5.74, 6) is -0.0153. The third-order valence-electron chi connectivity index (χ3n) is 6.51. The zero-order valence-corrected chi connectivity index (χ0v) is 22.6. The Kier molecular flexibility index (Phi) is 8.42. The molecule has 1 unspecified atom stereocenters. The number of carbonyl (C=O) groups is 2. The van der Waals surface area contributed by atoms with E-state index in [-0.39, 0.29) is 18.2 Å². The van der Waals surface area contributed by atoms with Crippen molar-refractivity contribution in [2.45, 2.75) is 19.1 Å². The minimum atomic E-state index is -0.660. The zero-order valence-electron chi connectivity index (χ0n) is 21.8. The van der Waals surface area contributed by atoms with Gasteiger partial charge < -0.3 is 14.2 Å². The lowest BCUT2D eigenvalue weighted by Crippen LogP contribution is -2.31. The molecule has 1 aliphatic rings. The Morgan fingerprint density at radius 1 is 0.900 bits per heavy atom. The van der Waals surface area contributed by atoms with E-state index < -0.39 is 18.5 Å². The Hall–Kier alpha value is -4.62. The van der Waals surface area contributed by atoms with E-state index in [0.29, 0.717) is 17.2 Å².